The van der Waals surface area contributed by atoms with E-state index in [0.717, 1.165) is 0 Å². The number of hydrogen-bond acceptors (Lipinski definition) is 4. The number of halogens is 1. The van der Waals surface area contributed by atoms with Gasteiger partial charge in [-0.2, -0.15) is 0 Å². The van der Waals surface area contributed by atoms with Crippen molar-refractivity contribution in [1.82, 2.24) is 4.90 Å². The molecule has 0 radical (unpaired) electrons. The van der Waals surface area contributed by atoms with E-state index in [9.17, 15) is 18.8 Å². The Morgan fingerprint density at radius 3 is 1.83 bits per heavy atom. The van der Waals surface area contributed by atoms with Gasteiger partial charge < -0.3 is 16.0 Å². The van der Waals surface area contributed by atoms with Crippen LogP contribution in [0.2, 0.25) is 0 Å². The van der Waals surface area contributed by atoms with E-state index in [1.807, 2.05) is 6.92 Å². The first-order valence-electron chi connectivity index (χ1n) is 9.22. The number of nitrogens with zero attached hydrogens (tertiary/aromatic N) is 1. The first kappa shape index (κ1) is 22.0. The van der Waals surface area contributed by atoms with Crippen LogP contribution in [0, 0.1) is 12.7 Å². The summed E-state index contributed by atoms with van der Waals surface area (Å²) in [6, 6.07) is 11.2. The van der Waals surface area contributed by atoms with Gasteiger partial charge in [0.1, 0.15) is 5.82 Å². The Labute approximate surface area is 169 Å². The molecule has 2 aromatic carbocycles. The monoisotopic (exact) mass is 400 g/mol. The lowest BCUT2D eigenvalue weighted by Crippen LogP contribution is -2.38. The van der Waals surface area contributed by atoms with Crippen molar-refractivity contribution in [3.8, 4) is 0 Å². The van der Waals surface area contributed by atoms with Crippen LogP contribution in [0.5, 0.6) is 0 Å². The zero-order chi connectivity index (χ0) is 21.4. The SMILES string of the molecule is CCN(CC(=O)Nc1ccc(NC(C)=O)cc1)CC(=O)Nc1ccc(C)c(F)c1. The molecule has 0 saturated heterocycles. The molecular formula is C21H25FN4O3. The molecule has 0 saturated carbocycles. The van der Waals surface area contributed by atoms with Crippen molar-refractivity contribution in [2.45, 2.75) is 20.8 Å². The molecule has 154 valence electrons. The molecule has 0 fully saturated rings. The summed E-state index contributed by atoms with van der Waals surface area (Å²) in [5.41, 5.74) is 2.09. The minimum absolute atomic E-state index is 0.000878. The molecule has 7 nitrogen and oxygen atoms in total. The molecule has 0 bridgehead atoms. The van der Waals surface area contributed by atoms with Crippen LogP contribution >= 0.6 is 0 Å². The molecule has 0 atom stereocenters. The first-order chi connectivity index (χ1) is 13.8. The lowest BCUT2D eigenvalue weighted by atomic mass is 10.2. The molecule has 0 aromatic heterocycles. The summed E-state index contributed by atoms with van der Waals surface area (Å²) < 4.78 is 13.6. The first-order valence-corrected chi connectivity index (χ1v) is 9.22. The van der Waals surface area contributed by atoms with E-state index in [1.165, 1.54) is 13.0 Å². The summed E-state index contributed by atoms with van der Waals surface area (Å²) in [6.45, 7) is 5.42. The molecule has 0 spiro atoms. The second kappa shape index (κ2) is 10.3. The second-order valence-corrected chi connectivity index (χ2v) is 6.62. The van der Waals surface area contributed by atoms with Gasteiger partial charge in [0.15, 0.2) is 0 Å². The Balaban J connectivity index is 1.86. The van der Waals surface area contributed by atoms with E-state index in [1.54, 1.807) is 48.2 Å². The molecular weight excluding hydrogens is 375 g/mol. The van der Waals surface area contributed by atoms with Gasteiger partial charge in [-0.3, -0.25) is 19.3 Å². The third-order valence-corrected chi connectivity index (χ3v) is 4.13. The fourth-order valence-electron chi connectivity index (χ4n) is 2.60. The summed E-state index contributed by atoms with van der Waals surface area (Å²) in [7, 11) is 0. The van der Waals surface area contributed by atoms with Crippen LogP contribution in [0.4, 0.5) is 21.5 Å². The highest BCUT2D eigenvalue weighted by molar-refractivity contribution is 5.95. The number of amides is 3. The number of rotatable bonds is 8. The van der Waals surface area contributed by atoms with Gasteiger partial charge in [-0.25, -0.2) is 4.39 Å². The minimum Gasteiger partial charge on any atom is -0.326 e. The quantitative estimate of drug-likeness (QED) is 0.635. The maximum atomic E-state index is 13.6. The zero-order valence-corrected chi connectivity index (χ0v) is 16.7. The van der Waals surface area contributed by atoms with E-state index >= 15 is 0 Å². The summed E-state index contributed by atoms with van der Waals surface area (Å²) in [6.07, 6.45) is 0. The van der Waals surface area contributed by atoms with E-state index in [2.05, 4.69) is 16.0 Å². The van der Waals surface area contributed by atoms with Gasteiger partial charge in [-0.05, 0) is 55.4 Å². The van der Waals surface area contributed by atoms with Crippen molar-refractivity contribution in [3.05, 3.63) is 53.8 Å². The normalized spacial score (nSPS) is 10.5. The predicted octanol–water partition coefficient (Wildman–Crippen LogP) is 2.99. The van der Waals surface area contributed by atoms with Crippen molar-refractivity contribution in [2.75, 3.05) is 35.6 Å². The molecule has 0 aliphatic rings. The molecule has 2 rings (SSSR count). The Morgan fingerprint density at radius 1 is 0.862 bits per heavy atom. The van der Waals surface area contributed by atoms with Gasteiger partial charge in [0.05, 0.1) is 13.1 Å². The van der Waals surface area contributed by atoms with Crippen LogP contribution in [0.25, 0.3) is 0 Å². The molecule has 29 heavy (non-hydrogen) atoms. The third kappa shape index (κ3) is 7.34. The number of nitrogens with one attached hydrogen (secondary N) is 3. The highest BCUT2D eigenvalue weighted by Gasteiger charge is 2.14. The van der Waals surface area contributed by atoms with Crippen molar-refractivity contribution in [3.63, 3.8) is 0 Å². The largest absolute Gasteiger partial charge is 0.326 e. The number of aryl methyl sites for hydroxylation is 1. The van der Waals surface area contributed by atoms with Crippen LogP contribution in [0.3, 0.4) is 0 Å². The second-order valence-electron chi connectivity index (χ2n) is 6.62. The molecule has 0 heterocycles. The number of benzene rings is 2. The molecule has 8 heteroatoms. The number of anilines is 3. The van der Waals surface area contributed by atoms with Crippen molar-refractivity contribution < 1.29 is 18.8 Å². The topological polar surface area (TPSA) is 90.5 Å². The number of carbonyl (C=O) groups is 3. The Kier molecular flexibility index (Phi) is 7.85. The average molecular weight is 400 g/mol. The lowest BCUT2D eigenvalue weighted by molar-refractivity contribution is -0.120. The van der Waals surface area contributed by atoms with E-state index in [-0.39, 0.29) is 36.6 Å². The van der Waals surface area contributed by atoms with Gasteiger partial charge in [-0.1, -0.05) is 13.0 Å². The standard InChI is InChI=1S/C21H25FN4O3/c1-4-26(13-21(29)25-18-6-5-14(2)19(22)11-18)12-20(28)24-17-9-7-16(8-10-17)23-15(3)27/h5-11H,4,12-13H2,1-3H3,(H,23,27)(H,24,28)(H,25,29). The molecule has 3 N–H and O–H groups in total. The maximum Gasteiger partial charge on any atom is 0.238 e. The van der Waals surface area contributed by atoms with Crippen molar-refractivity contribution in [2.24, 2.45) is 0 Å². The van der Waals surface area contributed by atoms with Crippen LogP contribution in [-0.2, 0) is 14.4 Å². The van der Waals surface area contributed by atoms with Crippen LogP contribution < -0.4 is 16.0 Å². The van der Waals surface area contributed by atoms with E-state index < -0.39 is 0 Å². The van der Waals surface area contributed by atoms with Gasteiger partial charge in [0, 0.05) is 24.0 Å². The third-order valence-electron chi connectivity index (χ3n) is 4.13. The predicted molar refractivity (Wildman–Crippen MR) is 111 cm³/mol. The Hall–Kier alpha value is -3.26. The lowest BCUT2D eigenvalue weighted by Gasteiger charge is -2.19. The molecule has 3 amide bonds. The molecule has 0 aliphatic heterocycles. The van der Waals surface area contributed by atoms with Crippen LogP contribution in [-0.4, -0.2) is 42.3 Å². The average Bonchev–Trinajstić information content (AvgIpc) is 2.65. The fourth-order valence-corrected chi connectivity index (χ4v) is 2.60. The van der Waals surface area contributed by atoms with E-state index in [0.29, 0.717) is 29.2 Å². The van der Waals surface area contributed by atoms with Gasteiger partial charge in [-0.15, -0.1) is 0 Å². The molecule has 0 aliphatic carbocycles. The fraction of sp³-hybridized carbons (Fsp3) is 0.286. The summed E-state index contributed by atoms with van der Waals surface area (Å²) >= 11 is 0. The maximum absolute atomic E-state index is 13.6. The summed E-state index contributed by atoms with van der Waals surface area (Å²) in [5.74, 6) is -1.16. The zero-order valence-electron chi connectivity index (χ0n) is 16.7. The Bertz CT molecular complexity index is 884. The highest BCUT2D eigenvalue weighted by atomic mass is 19.1. The van der Waals surface area contributed by atoms with E-state index in [4.69, 9.17) is 0 Å². The van der Waals surface area contributed by atoms with Gasteiger partial charge in [0.2, 0.25) is 17.7 Å². The smallest absolute Gasteiger partial charge is 0.238 e. The van der Waals surface area contributed by atoms with Crippen molar-refractivity contribution >= 4 is 34.8 Å². The molecule has 0 unspecified atom stereocenters. The Morgan fingerprint density at radius 2 is 1.34 bits per heavy atom. The number of likely N-dealkylation sites (N-methyl/N-ethyl adjacent to an activating group) is 1. The highest BCUT2D eigenvalue weighted by Crippen LogP contribution is 2.14. The molecule has 2 aromatic rings. The minimum atomic E-state index is -0.390. The summed E-state index contributed by atoms with van der Waals surface area (Å²) in [4.78, 5) is 37.2. The van der Waals surface area contributed by atoms with Crippen molar-refractivity contribution in [1.29, 1.82) is 0 Å². The van der Waals surface area contributed by atoms with Crippen LogP contribution in [0.1, 0.15) is 19.4 Å². The summed E-state index contributed by atoms with van der Waals surface area (Å²) in [5, 5.41) is 8.03. The van der Waals surface area contributed by atoms with Gasteiger partial charge >= 0.3 is 0 Å². The van der Waals surface area contributed by atoms with Crippen LogP contribution in [0.15, 0.2) is 42.5 Å². The number of carbonyl (C=O) groups excluding carboxylic acids is 3. The number of hydrogen-bond donors (Lipinski definition) is 3. The van der Waals surface area contributed by atoms with Gasteiger partial charge in [0.25, 0.3) is 0 Å².